The number of aryl methyl sites for hydroxylation is 1. The number of fused-ring (bicyclic) bond motifs is 3. The molecule has 12 aromatic rings. The van der Waals surface area contributed by atoms with Gasteiger partial charge in [-0.3, -0.25) is 28.8 Å². The molecule has 3 aliphatic rings. The molecule has 3 atom stereocenters. The highest BCUT2D eigenvalue weighted by molar-refractivity contribution is 6.02. The number of rotatable bonds is 19. The van der Waals surface area contributed by atoms with Crippen LogP contribution in [0.25, 0.3) is 66.9 Å². The Morgan fingerprint density at radius 1 is 0.483 bits per heavy atom. The van der Waals surface area contributed by atoms with E-state index in [0.717, 1.165) is 66.8 Å². The number of ether oxygens (including phenoxy) is 1. The van der Waals surface area contributed by atoms with E-state index in [0.29, 0.717) is 136 Å². The third-order valence-corrected chi connectivity index (χ3v) is 20.7. The maximum absolute atomic E-state index is 14.1. The maximum Gasteiger partial charge on any atom is 0.419 e. The number of amides is 6. The Labute approximate surface area is 671 Å². The van der Waals surface area contributed by atoms with E-state index in [1.165, 1.54) is 68.6 Å². The van der Waals surface area contributed by atoms with Gasteiger partial charge in [0.25, 0.3) is 17.7 Å². The molecule has 3 saturated heterocycles. The number of nitrogen functional groups attached to an aromatic ring is 3. The van der Waals surface area contributed by atoms with Crippen LogP contribution in [0.2, 0.25) is 0 Å². The van der Waals surface area contributed by atoms with Crippen LogP contribution in [-0.2, 0) is 40.2 Å². The number of halogens is 6. The third-order valence-electron chi connectivity index (χ3n) is 20.7. The lowest BCUT2D eigenvalue weighted by molar-refractivity contribution is -0.140. The first-order valence-corrected chi connectivity index (χ1v) is 37.6. The molecule has 9 N–H and O–H groups in total. The van der Waals surface area contributed by atoms with Crippen molar-refractivity contribution in [1.82, 2.24) is 89.9 Å². The molecule has 118 heavy (non-hydrogen) atoms. The summed E-state index contributed by atoms with van der Waals surface area (Å²) in [6.45, 7) is 16.4. The summed E-state index contributed by atoms with van der Waals surface area (Å²) in [7, 11) is 1.45. The lowest BCUT2D eigenvalue weighted by atomic mass is 10.1. The number of aromatic nitrogens is 12. The number of likely N-dealkylation sites (tertiary alicyclic amines) is 3. The second kappa shape index (κ2) is 35.7. The molecular weight excluding hydrogens is 1530 g/mol. The Morgan fingerprint density at radius 2 is 0.864 bits per heavy atom. The van der Waals surface area contributed by atoms with E-state index in [9.17, 15) is 55.1 Å². The van der Waals surface area contributed by atoms with E-state index in [1.807, 2.05) is 57.9 Å². The molecule has 15 rings (SSSR count). The molecule has 3 aliphatic heterocycles. The van der Waals surface area contributed by atoms with E-state index in [-0.39, 0.29) is 78.0 Å². The Balaban J connectivity index is 0.000000154. The fourth-order valence-electron chi connectivity index (χ4n) is 14.6. The highest BCUT2D eigenvalue weighted by Crippen LogP contribution is 2.39. The zero-order valence-corrected chi connectivity index (χ0v) is 64.1. The quantitative estimate of drug-likeness (QED) is 0.0323. The summed E-state index contributed by atoms with van der Waals surface area (Å²) in [5.74, 6) is -3.47. The largest absolute Gasteiger partial charge is 0.497 e. The molecule has 606 valence electrons. The van der Waals surface area contributed by atoms with Crippen molar-refractivity contribution in [3.05, 3.63) is 246 Å². The molecule has 34 heteroatoms. The van der Waals surface area contributed by atoms with Gasteiger partial charge < -0.3 is 52.6 Å². The van der Waals surface area contributed by atoms with Crippen molar-refractivity contribution in [2.24, 2.45) is 0 Å². The summed E-state index contributed by atoms with van der Waals surface area (Å²) in [4.78, 5) is 105. The number of hydrogen-bond acceptors (Lipinski definition) is 19. The van der Waals surface area contributed by atoms with Gasteiger partial charge in [-0.2, -0.15) is 28.5 Å². The van der Waals surface area contributed by atoms with E-state index in [1.54, 1.807) is 62.7 Å². The number of hydrogen-bond donors (Lipinski definition) is 6. The van der Waals surface area contributed by atoms with Gasteiger partial charge in [0.15, 0.2) is 16.9 Å². The fraction of sp³-hybridized carbons (Fsp3) is 0.250. The molecule has 0 saturated carbocycles. The predicted molar refractivity (Wildman–Crippen MR) is 430 cm³/mol. The SMILES string of the molecule is C=CC(=O)N1CCCC(n2nc(-c3ccc(CNC(=O)c4c(C)cccc4F)cc3)c3c(N)ncnc32)C1.C=CC(=O)N1CCCC(n2nc(-c3ccc(CNC(=O)c4cc(OC)ccc4F)cc3)c3c(N)ncnc32)C1.C=CC(=O)N1CCCC(n2nc(-c3ccc(CNC(=O)c4ccc(F)c(C(F)(F)F)c4)cc3)c3c(N)ncnc32)C1. The van der Waals surface area contributed by atoms with Crippen LogP contribution in [0.15, 0.2) is 184 Å². The summed E-state index contributed by atoms with van der Waals surface area (Å²) in [6, 6.07) is 32.4. The standard InChI is InChI=1S/C28H25F4N7O2.C28H28FN7O3.C28H28FN7O2/c1-2-22(40)38-11-3-4-19(14-38)39-26-23(25(33)35-15-36-26)24(37-39)17-7-5-16(6-8-17)13-34-27(41)18-9-10-21(29)20(12-18)28(30,31)32;1-3-23(37)35-12-4-5-19(15-35)36-27-24(26(30)32-16-33-27)25(34-36)18-8-6-17(7-9-18)14-31-28(38)21-13-20(39-2)10-11-22(21)29;1-3-22(37)35-13-5-7-20(15-35)36-27-24(26(30)32-16-33-27)25(34-36)19-11-9-18(10-12-19)14-31-28(38)23-17(2)6-4-8-21(23)29/h2,5-10,12,15,19H,1,3-4,11,13-14H2,(H,34,41)(H2,33,35,36);3,6-11,13,16,19H,1,4-5,12,14-15H2,2H3,(H,31,38)(H2,30,32,33);3-4,6,8-12,16,20H,1,5,7,13-15H2,2H3,(H,31,38)(H2,30,32,33). The summed E-state index contributed by atoms with van der Waals surface area (Å²) >= 11 is 0. The maximum atomic E-state index is 14.1. The van der Waals surface area contributed by atoms with Crippen molar-refractivity contribution in [3.63, 3.8) is 0 Å². The van der Waals surface area contributed by atoms with Crippen molar-refractivity contribution in [3.8, 4) is 39.5 Å². The third kappa shape index (κ3) is 17.8. The highest BCUT2D eigenvalue weighted by atomic mass is 19.4. The number of methoxy groups -OCH3 is 1. The van der Waals surface area contributed by atoms with Gasteiger partial charge in [0.2, 0.25) is 17.7 Å². The van der Waals surface area contributed by atoms with Gasteiger partial charge >= 0.3 is 6.18 Å². The molecule has 28 nitrogen and oxygen atoms in total. The Hall–Kier alpha value is -14.2. The number of anilines is 3. The molecule has 6 aromatic carbocycles. The lowest BCUT2D eigenvalue weighted by Crippen LogP contribution is -2.40. The van der Waals surface area contributed by atoms with Crippen LogP contribution in [-0.4, -0.2) is 156 Å². The van der Waals surface area contributed by atoms with Crippen LogP contribution in [0.4, 0.5) is 43.8 Å². The van der Waals surface area contributed by atoms with Crippen molar-refractivity contribution in [2.75, 3.05) is 63.6 Å². The molecule has 6 aromatic heterocycles. The zero-order valence-electron chi connectivity index (χ0n) is 64.1. The van der Waals surface area contributed by atoms with E-state index < -0.39 is 46.9 Å². The van der Waals surface area contributed by atoms with Gasteiger partial charge in [-0.1, -0.05) is 105 Å². The summed E-state index contributed by atoms with van der Waals surface area (Å²) < 4.78 is 91.4. The molecule has 6 amide bonds. The Bertz CT molecular complexity index is 5820. The molecule has 0 spiro atoms. The number of carbonyl (C=O) groups excluding carboxylic acids is 6. The van der Waals surface area contributed by atoms with Crippen LogP contribution >= 0.6 is 0 Å². The first-order chi connectivity index (χ1) is 56.8. The van der Waals surface area contributed by atoms with Gasteiger partial charge in [-0.25, -0.2) is 57.1 Å². The number of nitrogens with one attached hydrogen (secondary N) is 3. The van der Waals surface area contributed by atoms with Crippen LogP contribution in [0.1, 0.15) is 116 Å². The lowest BCUT2D eigenvalue weighted by Gasteiger charge is -2.32. The van der Waals surface area contributed by atoms with Gasteiger partial charge in [0, 0.05) is 81.2 Å². The first-order valence-electron chi connectivity index (χ1n) is 37.6. The van der Waals surface area contributed by atoms with Crippen LogP contribution in [0.5, 0.6) is 5.75 Å². The number of benzene rings is 6. The molecular formula is C84H81F6N21O7. The fourth-order valence-corrected chi connectivity index (χ4v) is 14.6. The second-order valence-electron chi connectivity index (χ2n) is 28.2. The van der Waals surface area contributed by atoms with E-state index >= 15 is 0 Å². The predicted octanol–water partition coefficient (Wildman–Crippen LogP) is 11.8. The number of alkyl halides is 3. The topological polar surface area (TPSA) is 366 Å². The average molecular weight is 1610 g/mol. The van der Waals surface area contributed by atoms with Crippen molar-refractivity contribution >= 4 is 86.0 Å². The monoisotopic (exact) mass is 1610 g/mol. The first kappa shape index (κ1) is 81.8. The molecule has 0 bridgehead atoms. The Morgan fingerprint density at radius 3 is 1.24 bits per heavy atom. The average Bonchev–Trinajstić information content (AvgIpc) is 1.63. The van der Waals surface area contributed by atoms with E-state index in [2.05, 4.69) is 65.6 Å². The van der Waals surface area contributed by atoms with Crippen LogP contribution in [0.3, 0.4) is 0 Å². The van der Waals surface area contributed by atoms with Crippen molar-refractivity contribution in [1.29, 1.82) is 0 Å². The number of carbonyl (C=O) groups is 6. The van der Waals surface area contributed by atoms with Gasteiger partial charge in [-0.05, 0) is 128 Å². The minimum absolute atomic E-state index is 0.0213. The summed E-state index contributed by atoms with van der Waals surface area (Å²) in [5, 5.41) is 24.5. The van der Waals surface area contributed by atoms with Crippen LogP contribution in [0, 0.1) is 24.4 Å². The molecule has 3 fully saturated rings. The molecule has 3 unspecified atom stereocenters. The summed E-state index contributed by atoms with van der Waals surface area (Å²) in [6.07, 6.45) is 8.16. The normalized spacial score (nSPS) is 15.4. The van der Waals surface area contributed by atoms with Gasteiger partial charge in [0.05, 0.1) is 58.1 Å². The van der Waals surface area contributed by atoms with Crippen molar-refractivity contribution < 1.29 is 59.8 Å². The number of piperidine rings is 3. The van der Waals surface area contributed by atoms with Gasteiger partial charge in [0.1, 0.15) is 76.7 Å². The zero-order chi connectivity index (χ0) is 83.6. The van der Waals surface area contributed by atoms with Crippen molar-refractivity contribution in [2.45, 2.75) is 89.4 Å². The number of nitrogens with zero attached hydrogens (tertiary/aromatic N) is 15. The molecule has 0 radical (unpaired) electrons. The van der Waals surface area contributed by atoms with Crippen LogP contribution < -0.4 is 37.9 Å². The summed E-state index contributed by atoms with van der Waals surface area (Å²) in [5.41, 5.74) is 25.7. The highest BCUT2D eigenvalue weighted by Gasteiger charge is 2.36. The minimum atomic E-state index is -4.92. The second-order valence-corrected chi connectivity index (χ2v) is 28.2. The smallest absolute Gasteiger partial charge is 0.419 e. The Kier molecular flexibility index (Phi) is 24.7. The molecule has 9 heterocycles. The number of nitrogens with two attached hydrogens (primary N) is 3. The molecule has 0 aliphatic carbocycles. The minimum Gasteiger partial charge on any atom is -0.497 e. The van der Waals surface area contributed by atoms with Gasteiger partial charge in [-0.15, -0.1) is 0 Å². The van der Waals surface area contributed by atoms with E-state index in [4.69, 9.17) is 37.2 Å².